The Morgan fingerprint density at radius 3 is 2.33 bits per heavy atom. The summed E-state index contributed by atoms with van der Waals surface area (Å²) in [6, 6.07) is 20.4. The molecule has 2 heterocycles. The number of ether oxygens (including phenoxy) is 1. The summed E-state index contributed by atoms with van der Waals surface area (Å²) in [7, 11) is 0. The molecule has 4 rings (SSSR count). The molecular formula is C29H26N2O3S2. The first-order valence-electron chi connectivity index (χ1n) is 11.8. The molecule has 0 saturated carbocycles. The highest BCUT2D eigenvalue weighted by Gasteiger charge is 2.19. The van der Waals surface area contributed by atoms with E-state index in [1.165, 1.54) is 4.57 Å². The van der Waals surface area contributed by atoms with Gasteiger partial charge in [0.2, 0.25) is 5.78 Å². The van der Waals surface area contributed by atoms with E-state index >= 15 is 0 Å². The number of hydrogen-bond acceptors (Lipinski definition) is 6. The third-order valence-corrected chi connectivity index (χ3v) is 7.61. The first-order valence-corrected chi connectivity index (χ1v) is 13.4. The Kier molecular flexibility index (Phi) is 7.99. The summed E-state index contributed by atoms with van der Waals surface area (Å²) in [5.41, 5.74) is 1.79. The predicted octanol–water partition coefficient (Wildman–Crippen LogP) is 5.01. The number of thiophene rings is 1. The van der Waals surface area contributed by atoms with Gasteiger partial charge in [0.25, 0.3) is 5.56 Å². The van der Waals surface area contributed by atoms with E-state index in [4.69, 9.17) is 4.74 Å². The van der Waals surface area contributed by atoms with Crippen LogP contribution in [-0.4, -0.2) is 17.0 Å². The van der Waals surface area contributed by atoms with Gasteiger partial charge in [-0.05, 0) is 68.3 Å². The molecular weight excluding hydrogens is 488 g/mol. The van der Waals surface area contributed by atoms with Crippen LogP contribution in [0.25, 0.3) is 17.3 Å². The Morgan fingerprint density at radius 1 is 1.03 bits per heavy atom. The second-order valence-corrected chi connectivity index (χ2v) is 10.5. The van der Waals surface area contributed by atoms with Gasteiger partial charge in [-0.15, -0.1) is 22.7 Å². The summed E-state index contributed by atoms with van der Waals surface area (Å²) in [5, 5.41) is 10.1. The zero-order valence-electron chi connectivity index (χ0n) is 20.4. The number of carbonyl (C=O) groups is 1. The first-order chi connectivity index (χ1) is 17.4. The van der Waals surface area contributed by atoms with Crippen molar-refractivity contribution in [3.63, 3.8) is 0 Å². The number of rotatable bonds is 8. The summed E-state index contributed by atoms with van der Waals surface area (Å²) < 4.78 is 7.76. The molecule has 36 heavy (non-hydrogen) atoms. The molecule has 7 heteroatoms. The van der Waals surface area contributed by atoms with Crippen molar-refractivity contribution in [1.29, 1.82) is 5.26 Å². The zero-order valence-corrected chi connectivity index (χ0v) is 22.0. The number of benzene rings is 2. The number of nitrogens with zero attached hydrogens (tertiary/aromatic N) is 2. The van der Waals surface area contributed by atoms with Crippen LogP contribution in [0, 0.1) is 18.3 Å². The highest BCUT2D eigenvalue weighted by atomic mass is 32.1. The van der Waals surface area contributed by atoms with E-state index in [0.717, 1.165) is 39.5 Å². The number of nitriles is 1. The molecule has 2 aromatic heterocycles. The van der Waals surface area contributed by atoms with Crippen LogP contribution in [0.3, 0.4) is 0 Å². The molecule has 0 aliphatic heterocycles. The van der Waals surface area contributed by atoms with Crippen LogP contribution >= 0.6 is 22.7 Å². The Labute approximate surface area is 217 Å². The number of thiazole rings is 1. The van der Waals surface area contributed by atoms with Crippen molar-refractivity contribution in [2.75, 3.05) is 6.61 Å². The average molecular weight is 515 g/mol. The van der Waals surface area contributed by atoms with Gasteiger partial charge in [0.15, 0.2) is 0 Å². The van der Waals surface area contributed by atoms with Crippen molar-refractivity contribution in [2.45, 2.75) is 33.6 Å². The second kappa shape index (κ2) is 11.3. The molecule has 0 atom stereocenters. The lowest BCUT2D eigenvalue weighted by atomic mass is 10.0. The minimum Gasteiger partial charge on any atom is -0.494 e. The summed E-state index contributed by atoms with van der Waals surface area (Å²) >= 11 is 2.74. The first kappa shape index (κ1) is 25.4. The average Bonchev–Trinajstić information content (AvgIpc) is 3.43. The summed E-state index contributed by atoms with van der Waals surface area (Å²) in [4.78, 5) is 29.1. The number of hydrogen-bond donors (Lipinski definition) is 0. The van der Waals surface area contributed by atoms with Crippen LogP contribution in [-0.2, 0) is 6.42 Å². The SMILES string of the molecule is CCCc1ccc(C(=O)C(C#N)=c2sc(=Cc3ccc(C)s3)c(=O)n2-c2ccc(OCC)cc2)cc1. The van der Waals surface area contributed by atoms with E-state index in [1.54, 1.807) is 47.7 Å². The normalized spacial score (nSPS) is 12.3. The van der Waals surface area contributed by atoms with E-state index in [2.05, 4.69) is 13.0 Å². The topological polar surface area (TPSA) is 72.1 Å². The number of Topliss-reactive ketones (excluding diaryl/α,β-unsaturated/α-hetero) is 1. The van der Waals surface area contributed by atoms with E-state index in [1.807, 2.05) is 44.2 Å². The highest BCUT2D eigenvalue weighted by Crippen LogP contribution is 2.17. The van der Waals surface area contributed by atoms with Crippen LogP contribution < -0.4 is 19.5 Å². The van der Waals surface area contributed by atoms with Gasteiger partial charge in [0.05, 0.1) is 16.8 Å². The number of carbonyl (C=O) groups excluding carboxylic acids is 1. The molecule has 4 aromatic rings. The van der Waals surface area contributed by atoms with E-state index in [9.17, 15) is 14.9 Å². The maximum absolute atomic E-state index is 13.6. The third-order valence-electron chi connectivity index (χ3n) is 5.57. The Balaban J connectivity index is 1.94. The van der Waals surface area contributed by atoms with Crippen molar-refractivity contribution in [3.8, 4) is 17.5 Å². The maximum Gasteiger partial charge on any atom is 0.273 e. The van der Waals surface area contributed by atoms with Gasteiger partial charge in [-0.25, -0.2) is 0 Å². The molecule has 0 aliphatic rings. The molecule has 0 fully saturated rings. The highest BCUT2D eigenvalue weighted by molar-refractivity contribution is 7.13. The van der Waals surface area contributed by atoms with Gasteiger partial charge >= 0.3 is 0 Å². The van der Waals surface area contributed by atoms with E-state index in [0.29, 0.717) is 32.8 Å². The van der Waals surface area contributed by atoms with E-state index in [-0.39, 0.29) is 11.1 Å². The fourth-order valence-corrected chi connectivity index (χ4v) is 5.84. The molecule has 0 bridgehead atoms. The predicted molar refractivity (Wildman–Crippen MR) is 147 cm³/mol. The van der Waals surface area contributed by atoms with Crippen LogP contribution in [0.15, 0.2) is 65.5 Å². The lowest BCUT2D eigenvalue weighted by Gasteiger charge is -2.07. The number of aromatic nitrogens is 1. The number of ketones is 1. The summed E-state index contributed by atoms with van der Waals surface area (Å²) in [5.74, 6) is 0.277. The minimum absolute atomic E-state index is 0.0590. The molecule has 5 nitrogen and oxygen atoms in total. The van der Waals surface area contributed by atoms with Crippen molar-refractivity contribution in [1.82, 2.24) is 4.57 Å². The van der Waals surface area contributed by atoms with Crippen LogP contribution in [0.5, 0.6) is 5.75 Å². The molecule has 0 N–H and O–H groups in total. The van der Waals surface area contributed by atoms with Crippen molar-refractivity contribution in [2.24, 2.45) is 0 Å². The largest absolute Gasteiger partial charge is 0.494 e. The smallest absolute Gasteiger partial charge is 0.273 e. The molecule has 2 aromatic carbocycles. The molecule has 0 radical (unpaired) electrons. The Bertz CT molecular complexity index is 1600. The van der Waals surface area contributed by atoms with Gasteiger partial charge in [0, 0.05) is 15.3 Å². The van der Waals surface area contributed by atoms with Crippen molar-refractivity contribution in [3.05, 3.63) is 101 Å². The van der Waals surface area contributed by atoms with Crippen molar-refractivity contribution >= 4 is 40.1 Å². The quantitative estimate of drug-likeness (QED) is 0.310. The van der Waals surface area contributed by atoms with Gasteiger partial charge in [-0.3, -0.25) is 14.2 Å². The van der Waals surface area contributed by atoms with Gasteiger partial charge in [-0.2, -0.15) is 5.26 Å². The lowest BCUT2D eigenvalue weighted by molar-refractivity contribution is 0.105. The Morgan fingerprint density at radius 2 is 1.75 bits per heavy atom. The van der Waals surface area contributed by atoms with E-state index < -0.39 is 5.78 Å². The van der Waals surface area contributed by atoms with Crippen LogP contribution in [0.4, 0.5) is 0 Å². The van der Waals surface area contributed by atoms with Crippen LogP contribution in [0.1, 0.15) is 45.9 Å². The molecule has 0 spiro atoms. The standard InChI is InChI=1S/C29H26N2O3S2/c1-4-6-20-8-10-21(11-9-20)27(32)25(18-30)29-31(22-12-14-23(15-13-22)34-5-2)28(33)26(36-29)17-24-16-7-19(3)35-24/h7-17H,4-6H2,1-3H3. The molecule has 0 aliphatic carbocycles. The fourth-order valence-electron chi connectivity index (χ4n) is 3.85. The monoisotopic (exact) mass is 514 g/mol. The summed E-state index contributed by atoms with van der Waals surface area (Å²) in [6.07, 6.45) is 3.75. The molecule has 0 amide bonds. The second-order valence-electron chi connectivity index (χ2n) is 8.19. The van der Waals surface area contributed by atoms with Crippen molar-refractivity contribution < 1.29 is 9.53 Å². The molecule has 0 saturated heterocycles. The van der Waals surface area contributed by atoms with Crippen LogP contribution in [0.2, 0.25) is 0 Å². The van der Waals surface area contributed by atoms with Gasteiger partial charge < -0.3 is 4.74 Å². The Hall–Kier alpha value is -3.73. The summed E-state index contributed by atoms with van der Waals surface area (Å²) in [6.45, 7) is 6.54. The molecule has 182 valence electrons. The van der Waals surface area contributed by atoms with Gasteiger partial charge in [-0.1, -0.05) is 37.6 Å². The zero-order chi connectivity index (χ0) is 25.7. The third kappa shape index (κ3) is 5.40. The van der Waals surface area contributed by atoms with Gasteiger partial charge in [0.1, 0.15) is 22.1 Å². The lowest BCUT2D eigenvalue weighted by Crippen LogP contribution is -2.31. The maximum atomic E-state index is 13.6. The molecule has 0 unspecified atom stereocenters. The fraction of sp³-hybridized carbons (Fsp3) is 0.207. The minimum atomic E-state index is -0.403. The number of aryl methyl sites for hydroxylation is 2.